The molecule has 0 bridgehead atoms. The van der Waals surface area contributed by atoms with Gasteiger partial charge in [0, 0.05) is 0 Å². The Labute approximate surface area is 93.3 Å². The molecule has 78 valence electrons. The fourth-order valence-electron chi connectivity index (χ4n) is 2.53. The average molecular weight is 214 g/mol. The molecular formula is C14H18Si. The highest BCUT2D eigenvalue weighted by Crippen LogP contribution is 2.26. The van der Waals surface area contributed by atoms with Gasteiger partial charge in [0.15, 0.2) is 0 Å². The second kappa shape index (κ2) is 3.49. The van der Waals surface area contributed by atoms with Gasteiger partial charge >= 0.3 is 0 Å². The van der Waals surface area contributed by atoms with Crippen LogP contribution >= 0.6 is 0 Å². The molecule has 0 atom stereocenters. The van der Waals surface area contributed by atoms with E-state index in [9.17, 15) is 0 Å². The molecule has 1 aliphatic heterocycles. The summed E-state index contributed by atoms with van der Waals surface area (Å²) in [7, 11) is -1.41. The smallest absolute Gasteiger partial charge is 0.0768 e. The highest BCUT2D eigenvalue weighted by atomic mass is 28.3. The molecular weight excluding hydrogens is 196 g/mol. The lowest BCUT2D eigenvalue weighted by Gasteiger charge is -2.31. The van der Waals surface area contributed by atoms with Crippen LogP contribution < -0.4 is 5.19 Å². The molecule has 1 aliphatic rings. The highest BCUT2D eigenvalue weighted by molar-refractivity contribution is 6.97. The lowest BCUT2D eigenvalue weighted by Crippen LogP contribution is -2.46. The van der Waals surface area contributed by atoms with Crippen molar-refractivity contribution in [2.45, 2.75) is 26.9 Å². The Morgan fingerprint density at radius 3 is 2.33 bits per heavy atom. The molecule has 0 nitrogen and oxygen atoms in total. The van der Waals surface area contributed by atoms with E-state index >= 15 is 0 Å². The average Bonchev–Trinajstić information content (AvgIpc) is 2.17. The van der Waals surface area contributed by atoms with Crippen LogP contribution in [0.5, 0.6) is 0 Å². The minimum Gasteiger partial charge on any atom is -0.0768 e. The van der Waals surface area contributed by atoms with Crippen LogP contribution in [0.4, 0.5) is 0 Å². The number of hydrogen-bond acceptors (Lipinski definition) is 0. The summed E-state index contributed by atoms with van der Waals surface area (Å²) in [6, 6.07) is 8.81. The highest BCUT2D eigenvalue weighted by Gasteiger charge is 2.31. The van der Waals surface area contributed by atoms with Gasteiger partial charge in [-0.2, -0.15) is 0 Å². The van der Waals surface area contributed by atoms with Crippen LogP contribution in [-0.2, 0) is 0 Å². The molecule has 1 aromatic carbocycles. The van der Waals surface area contributed by atoms with Crippen LogP contribution in [0, 0.1) is 0 Å². The fraction of sp³-hybridized carbons (Fsp3) is 0.286. The molecule has 0 radical (unpaired) electrons. The lowest BCUT2D eigenvalue weighted by molar-refractivity contribution is 1.35. The Morgan fingerprint density at radius 1 is 1.00 bits per heavy atom. The molecule has 1 heteroatoms. The Hall–Kier alpha value is -1.08. The monoisotopic (exact) mass is 214 g/mol. The van der Waals surface area contributed by atoms with Gasteiger partial charge < -0.3 is 0 Å². The normalized spacial score (nSPS) is 17.5. The van der Waals surface area contributed by atoms with Crippen molar-refractivity contribution in [3.8, 4) is 0 Å². The third-order valence-corrected chi connectivity index (χ3v) is 7.09. The molecule has 0 saturated heterocycles. The fourth-order valence-corrected chi connectivity index (χ4v) is 5.97. The second-order valence-corrected chi connectivity index (χ2v) is 9.29. The topological polar surface area (TPSA) is 0 Å². The molecule has 0 N–H and O–H groups in total. The van der Waals surface area contributed by atoms with Gasteiger partial charge in [-0.15, -0.1) is 0 Å². The van der Waals surface area contributed by atoms with Crippen molar-refractivity contribution in [2.24, 2.45) is 0 Å². The van der Waals surface area contributed by atoms with Crippen LogP contribution in [0.3, 0.4) is 0 Å². The predicted molar refractivity (Wildman–Crippen MR) is 71.0 cm³/mol. The first kappa shape index (κ1) is 10.4. The number of allylic oxidation sites excluding steroid dienone is 3. The predicted octanol–water partition coefficient (Wildman–Crippen LogP) is 3.50. The Morgan fingerprint density at radius 2 is 1.67 bits per heavy atom. The maximum atomic E-state index is 2.44. The zero-order valence-electron chi connectivity index (χ0n) is 9.96. The van der Waals surface area contributed by atoms with Gasteiger partial charge in [-0.05, 0) is 24.6 Å². The van der Waals surface area contributed by atoms with Crippen LogP contribution in [0.25, 0.3) is 6.08 Å². The molecule has 0 aliphatic carbocycles. The molecule has 1 aromatic rings. The molecule has 1 heterocycles. The standard InChI is InChI=1S/C14H18Si/c1-11(2)13-10-9-12-7-5-6-8-14(12)15(13,3)4/h5-10H,1-4H3. The molecule has 0 amide bonds. The van der Waals surface area contributed by atoms with Crippen molar-refractivity contribution in [3.63, 3.8) is 0 Å². The van der Waals surface area contributed by atoms with Gasteiger partial charge in [-0.3, -0.25) is 0 Å². The minimum absolute atomic E-state index is 1.41. The van der Waals surface area contributed by atoms with E-state index in [1.807, 2.05) is 0 Å². The Balaban J connectivity index is 2.68. The van der Waals surface area contributed by atoms with Gasteiger partial charge in [-0.25, -0.2) is 0 Å². The van der Waals surface area contributed by atoms with E-state index in [1.54, 1.807) is 10.4 Å². The summed E-state index contributed by atoms with van der Waals surface area (Å²) >= 11 is 0. The van der Waals surface area contributed by atoms with Crippen molar-refractivity contribution in [1.29, 1.82) is 0 Å². The molecule has 0 spiro atoms. The van der Waals surface area contributed by atoms with Crippen molar-refractivity contribution in [3.05, 3.63) is 46.7 Å². The summed E-state index contributed by atoms with van der Waals surface area (Å²) in [6.07, 6.45) is 4.58. The Kier molecular flexibility index (Phi) is 2.43. The first-order valence-corrected chi connectivity index (χ1v) is 8.49. The molecule has 15 heavy (non-hydrogen) atoms. The van der Waals surface area contributed by atoms with E-state index < -0.39 is 8.07 Å². The first-order valence-electron chi connectivity index (χ1n) is 5.49. The third-order valence-electron chi connectivity index (χ3n) is 3.28. The molecule has 0 saturated carbocycles. The summed E-state index contributed by atoms with van der Waals surface area (Å²) in [4.78, 5) is 0. The van der Waals surface area contributed by atoms with Crippen molar-refractivity contribution in [1.82, 2.24) is 0 Å². The molecule has 0 fully saturated rings. The van der Waals surface area contributed by atoms with E-state index in [4.69, 9.17) is 0 Å². The summed E-state index contributed by atoms with van der Waals surface area (Å²) in [5.74, 6) is 0. The SMILES string of the molecule is CC(C)=C1C=Cc2ccccc2[Si]1(C)C. The molecule has 0 unspecified atom stereocenters. The minimum atomic E-state index is -1.41. The summed E-state index contributed by atoms with van der Waals surface area (Å²) in [5.41, 5.74) is 2.89. The van der Waals surface area contributed by atoms with Gasteiger partial charge in [0.1, 0.15) is 8.07 Å². The lowest BCUT2D eigenvalue weighted by atomic mass is 10.2. The maximum Gasteiger partial charge on any atom is 0.112 e. The van der Waals surface area contributed by atoms with E-state index in [2.05, 4.69) is 63.4 Å². The van der Waals surface area contributed by atoms with Crippen molar-refractivity contribution < 1.29 is 0 Å². The van der Waals surface area contributed by atoms with Crippen LogP contribution in [0.2, 0.25) is 13.1 Å². The zero-order chi connectivity index (χ0) is 11.1. The summed E-state index contributed by atoms with van der Waals surface area (Å²) in [6.45, 7) is 9.33. The largest absolute Gasteiger partial charge is 0.112 e. The van der Waals surface area contributed by atoms with E-state index in [0.717, 1.165) is 0 Å². The first-order chi connectivity index (χ1) is 7.03. The van der Waals surface area contributed by atoms with E-state index in [0.29, 0.717) is 0 Å². The van der Waals surface area contributed by atoms with Gasteiger partial charge in [0.2, 0.25) is 0 Å². The zero-order valence-corrected chi connectivity index (χ0v) is 11.0. The number of benzene rings is 1. The molecule has 0 aromatic heterocycles. The number of fused-ring (bicyclic) bond motifs is 1. The van der Waals surface area contributed by atoms with Crippen LogP contribution in [0.15, 0.2) is 41.1 Å². The number of hydrogen-bond donors (Lipinski definition) is 0. The van der Waals surface area contributed by atoms with Gasteiger partial charge in [0.25, 0.3) is 0 Å². The second-order valence-electron chi connectivity index (χ2n) is 4.96. The Bertz CT molecular complexity index is 446. The van der Waals surface area contributed by atoms with E-state index in [1.165, 1.54) is 11.1 Å². The van der Waals surface area contributed by atoms with Crippen molar-refractivity contribution in [2.75, 3.05) is 0 Å². The maximum absolute atomic E-state index is 2.44. The summed E-state index contributed by atoms with van der Waals surface area (Å²) in [5, 5.41) is 3.16. The number of rotatable bonds is 0. The van der Waals surface area contributed by atoms with Crippen LogP contribution in [0.1, 0.15) is 19.4 Å². The van der Waals surface area contributed by atoms with Gasteiger partial charge in [0.05, 0.1) is 0 Å². The van der Waals surface area contributed by atoms with Gasteiger partial charge in [-0.1, -0.05) is 60.3 Å². The third kappa shape index (κ3) is 1.61. The summed E-state index contributed by atoms with van der Waals surface area (Å²) < 4.78 is 0. The van der Waals surface area contributed by atoms with Crippen LogP contribution in [-0.4, -0.2) is 8.07 Å². The van der Waals surface area contributed by atoms with Crippen molar-refractivity contribution >= 4 is 19.3 Å². The van der Waals surface area contributed by atoms with E-state index in [-0.39, 0.29) is 0 Å². The molecule has 2 rings (SSSR count). The quantitative estimate of drug-likeness (QED) is 0.580.